The molecule has 0 aliphatic carbocycles. The van der Waals surface area contributed by atoms with E-state index in [1.807, 2.05) is 66.8 Å². The van der Waals surface area contributed by atoms with E-state index in [2.05, 4.69) is 188 Å². The summed E-state index contributed by atoms with van der Waals surface area (Å²) >= 11 is 0. The van der Waals surface area contributed by atoms with Crippen LogP contribution >= 0.6 is 0 Å². The van der Waals surface area contributed by atoms with Crippen LogP contribution in [0.2, 0.25) is 0 Å². The van der Waals surface area contributed by atoms with Gasteiger partial charge in [0.1, 0.15) is 11.5 Å². The largest absolute Gasteiger partial charge is 0.458 e. The van der Waals surface area contributed by atoms with E-state index >= 15 is 0 Å². The molecule has 0 saturated carbocycles. The van der Waals surface area contributed by atoms with Gasteiger partial charge in [0.15, 0.2) is 11.7 Å². The van der Waals surface area contributed by atoms with Gasteiger partial charge in [-0.25, -0.2) is 9.98 Å². The van der Waals surface area contributed by atoms with E-state index in [0.717, 1.165) is 55.9 Å². The zero-order valence-corrected chi connectivity index (χ0v) is 37.4. The van der Waals surface area contributed by atoms with Crippen molar-refractivity contribution in [2.45, 2.75) is 13.0 Å². The van der Waals surface area contributed by atoms with Crippen molar-refractivity contribution in [3.63, 3.8) is 0 Å². The van der Waals surface area contributed by atoms with Crippen LogP contribution in [-0.4, -0.2) is 25.4 Å². The highest BCUT2D eigenvalue weighted by atomic mass is 16.5. The quantitative estimate of drug-likeness (QED) is 0.107. The van der Waals surface area contributed by atoms with Gasteiger partial charge in [0, 0.05) is 41.9 Å². The van der Waals surface area contributed by atoms with Crippen molar-refractivity contribution in [1.29, 1.82) is 0 Å². The molecule has 1 heterocycles. The van der Waals surface area contributed by atoms with Gasteiger partial charge in [0.25, 0.3) is 0 Å². The van der Waals surface area contributed by atoms with E-state index in [0.29, 0.717) is 36.1 Å². The van der Waals surface area contributed by atoms with Gasteiger partial charge in [-0.05, 0) is 85.4 Å². The average molecular weight is 865 g/mol. The normalized spacial score (nSPS) is 14.2. The summed E-state index contributed by atoms with van der Waals surface area (Å²) in [4.78, 5) is 16.9. The molecule has 0 aromatic heterocycles. The molecule has 0 unspecified atom stereocenters. The topological polar surface area (TPSA) is 49.6 Å². The third kappa shape index (κ3) is 8.91. The summed E-state index contributed by atoms with van der Waals surface area (Å²) in [7, 11) is 2.14. The molecule has 0 spiro atoms. The highest BCUT2D eigenvalue weighted by molar-refractivity contribution is 6.16. The molecule has 9 aromatic rings. The maximum atomic E-state index is 6.58. The number of ether oxygens (including phenoxy) is 1. The third-order valence-electron chi connectivity index (χ3n) is 12.3. The molecule has 5 heteroatoms. The van der Waals surface area contributed by atoms with Crippen LogP contribution in [-0.2, 0) is 13.0 Å². The minimum Gasteiger partial charge on any atom is -0.458 e. The molecule has 67 heavy (non-hydrogen) atoms. The first kappa shape index (κ1) is 42.3. The Morgan fingerprint density at radius 1 is 0.582 bits per heavy atom. The molecular weight excluding hydrogens is 817 g/mol. The number of hydrogen-bond donors (Lipinski definition) is 0. The Balaban J connectivity index is 1.09. The highest BCUT2D eigenvalue weighted by Gasteiger charge is 2.23. The first-order valence-corrected chi connectivity index (χ1v) is 22.5. The molecule has 0 radical (unpaired) electrons. The minimum absolute atomic E-state index is 0.478. The van der Waals surface area contributed by atoms with Gasteiger partial charge in [-0.1, -0.05) is 207 Å². The lowest BCUT2D eigenvalue weighted by atomic mass is 9.86. The molecular formula is C62H48N4O. The van der Waals surface area contributed by atoms with Gasteiger partial charge in [-0.2, -0.15) is 0 Å². The predicted molar refractivity (Wildman–Crippen MR) is 283 cm³/mol. The van der Waals surface area contributed by atoms with Gasteiger partial charge in [-0.3, -0.25) is 4.99 Å². The maximum Gasteiger partial charge on any atom is 0.157 e. The van der Waals surface area contributed by atoms with Gasteiger partial charge in [0.2, 0.25) is 0 Å². The van der Waals surface area contributed by atoms with Crippen molar-refractivity contribution < 1.29 is 4.74 Å². The molecule has 9 aromatic carbocycles. The smallest absolute Gasteiger partial charge is 0.157 e. The standard InChI is InChI=1S/C62H48N4O/c1-43-21-20-30-49(61(63-2)65-62(47-28-14-7-15-29-47)64-42-44-22-8-4-9-23-44)39-48-35-36-50(40-59(48)67-43)66(3)58-41-57(46-26-12-6-13-27-46)54-33-18-19-34-55(54)60(58)56-38-37-51(45-24-10-5-11-25-45)52-31-16-17-32-53(52)56/h4-38,40-41H,1-2,39,42H2,3H3/b21-20-,49-30+,64-62?,65-61?. The molecule has 0 amide bonds. The number of amidine groups is 2. The van der Waals surface area contributed by atoms with E-state index in [1.54, 1.807) is 0 Å². The van der Waals surface area contributed by atoms with Gasteiger partial charge < -0.3 is 9.64 Å². The van der Waals surface area contributed by atoms with Crippen molar-refractivity contribution in [2.75, 3.05) is 11.9 Å². The zero-order valence-electron chi connectivity index (χ0n) is 37.4. The van der Waals surface area contributed by atoms with Crippen molar-refractivity contribution >= 4 is 51.3 Å². The molecule has 0 atom stereocenters. The lowest BCUT2D eigenvalue weighted by Gasteiger charge is -2.27. The van der Waals surface area contributed by atoms with Crippen LogP contribution in [0.1, 0.15) is 16.7 Å². The number of allylic oxidation sites excluding steroid dienone is 3. The molecule has 1 aliphatic heterocycles. The monoisotopic (exact) mass is 864 g/mol. The zero-order chi connectivity index (χ0) is 45.5. The van der Waals surface area contributed by atoms with Crippen LogP contribution in [0.15, 0.2) is 257 Å². The number of fused-ring (bicyclic) bond motifs is 3. The van der Waals surface area contributed by atoms with Crippen LogP contribution in [0, 0.1) is 0 Å². The molecule has 0 saturated heterocycles. The molecule has 0 N–H and O–H groups in total. The van der Waals surface area contributed by atoms with Gasteiger partial charge >= 0.3 is 0 Å². The van der Waals surface area contributed by atoms with E-state index in [4.69, 9.17) is 14.7 Å². The maximum absolute atomic E-state index is 6.58. The number of hydrogen-bond acceptors (Lipinski definition) is 3. The summed E-state index contributed by atoms with van der Waals surface area (Å²) in [5.41, 5.74) is 12.8. The van der Waals surface area contributed by atoms with Gasteiger partial charge in [0.05, 0.1) is 12.2 Å². The Morgan fingerprint density at radius 2 is 1.15 bits per heavy atom. The summed E-state index contributed by atoms with van der Waals surface area (Å²) < 4.78 is 6.58. The summed E-state index contributed by atoms with van der Waals surface area (Å²) in [5.74, 6) is 2.28. The van der Waals surface area contributed by atoms with Crippen LogP contribution < -0.4 is 9.64 Å². The van der Waals surface area contributed by atoms with Crippen molar-refractivity contribution in [3.05, 3.63) is 259 Å². The summed E-state index contributed by atoms with van der Waals surface area (Å²) in [6, 6.07) is 72.4. The third-order valence-corrected chi connectivity index (χ3v) is 12.3. The SMILES string of the molecule is C=NC(=NC(=NCc1ccccc1)c1ccccc1)/C1=C/C=C\C(=C)Oc2cc(N(C)c3cc(-c4ccccc4)c4ccccc4c3-c3ccc(-c4ccccc4)c4ccccc34)ccc2C1. The minimum atomic E-state index is 0.478. The Kier molecular flexibility index (Phi) is 12.1. The molecule has 0 bridgehead atoms. The molecule has 10 rings (SSSR count). The van der Waals surface area contributed by atoms with E-state index in [1.165, 1.54) is 32.7 Å². The van der Waals surface area contributed by atoms with Crippen molar-refractivity contribution in [2.24, 2.45) is 15.0 Å². The summed E-state index contributed by atoms with van der Waals surface area (Å²) in [5, 5.41) is 4.74. The molecule has 1 aliphatic rings. The number of nitrogens with zero attached hydrogens (tertiary/aromatic N) is 4. The average Bonchev–Trinajstić information content (AvgIpc) is 3.47. The predicted octanol–water partition coefficient (Wildman–Crippen LogP) is 15.4. The van der Waals surface area contributed by atoms with E-state index in [9.17, 15) is 0 Å². The fourth-order valence-corrected chi connectivity index (χ4v) is 8.98. The molecule has 322 valence electrons. The second kappa shape index (κ2) is 19.2. The fraction of sp³-hybridized carbons (Fsp3) is 0.0484. The summed E-state index contributed by atoms with van der Waals surface area (Å²) in [6.07, 6.45) is 6.29. The number of benzene rings is 9. The van der Waals surface area contributed by atoms with E-state index < -0.39 is 0 Å². The lowest BCUT2D eigenvalue weighted by Crippen LogP contribution is -2.13. The van der Waals surface area contributed by atoms with Crippen molar-refractivity contribution in [3.8, 4) is 39.1 Å². The van der Waals surface area contributed by atoms with Crippen molar-refractivity contribution in [1.82, 2.24) is 0 Å². The Bertz CT molecular complexity index is 3410. The Morgan fingerprint density at radius 3 is 1.82 bits per heavy atom. The Hall–Kier alpha value is -8.67. The molecule has 0 fully saturated rings. The van der Waals surface area contributed by atoms with Crippen LogP contribution in [0.3, 0.4) is 0 Å². The number of anilines is 2. The van der Waals surface area contributed by atoms with Crippen LogP contribution in [0.4, 0.5) is 11.4 Å². The van der Waals surface area contributed by atoms with Crippen LogP contribution in [0.25, 0.3) is 54.9 Å². The second-order valence-corrected chi connectivity index (χ2v) is 16.5. The fourth-order valence-electron chi connectivity index (χ4n) is 8.98. The lowest BCUT2D eigenvalue weighted by molar-refractivity contribution is 0.443. The summed E-state index contributed by atoms with van der Waals surface area (Å²) in [6.45, 7) is 8.74. The Labute approximate surface area is 392 Å². The van der Waals surface area contributed by atoms with Gasteiger partial charge in [-0.15, -0.1) is 0 Å². The second-order valence-electron chi connectivity index (χ2n) is 16.5. The first-order chi connectivity index (χ1) is 33.0. The number of aliphatic imine (C=N–C) groups is 3. The van der Waals surface area contributed by atoms with Crippen LogP contribution in [0.5, 0.6) is 5.75 Å². The first-order valence-electron chi connectivity index (χ1n) is 22.5. The van der Waals surface area contributed by atoms with E-state index in [-0.39, 0.29) is 0 Å². The highest BCUT2D eigenvalue weighted by Crippen LogP contribution is 2.48. The molecule has 5 nitrogen and oxygen atoms in total. The number of rotatable bonds is 9.